The Labute approximate surface area is 149 Å². The van der Waals surface area contributed by atoms with Crippen LogP contribution < -0.4 is 0 Å². The van der Waals surface area contributed by atoms with Gasteiger partial charge in [0.05, 0.1) is 12.2 Å². The van der Waals surface area contributed by atoms with Crippen molar-refractivity contribution in [1.29, 1.82) is 0 Å². The number of hydrogen-bond acceptors (Lipinski definition) is 7. The van der Waals surface area contributed by atoms with E-state index in [9.17, 15) is 4.79 Å². The number of H-pyrrole nitrogens is 1. The molecule has 0 radical (unpaired) electrons. The van der Waals surface area contributed by atoms with Gasteiger partial charge in [-0.1, -0.05) is 0 Å². The summed E-state index contributed by atoms with van der Waals surface area (Å²) in [6.07, 6.45) is 6.49. The van der Waals surface area contributed by atoms with Crippen LogP contribution in [0.1, 0.15) is 41.0 Å². The Morgan fingerprint density at radius 3 is 3.15 bits per heavy atom. The van der Waals surface area contributed by atoms with E-state index in [0.29, 0.717) is 42.0 Å². The molecule has 1 fully saturated rings. The molecule has 1 unspecified atom stereocenters. The minimum atomic E-state index is -0.170. The monoisotopic (exact) mass is 354 g/mol. The summed E-state index contributed by atoms with van der Waals surface area (Å²) in [7, 11) is 1.58. The van der Waals surface area contributed by atoms with Gasteiger partial charge in [-0.2, -0.15) is 5.10 Å². The third kappa shape index (κ3) is 3.08. The molecule has 4 heterocycles. The summed E-state index contributed by atoms with van der Waals surface area (Å²) in [5.74, 6) is 1.87. The largest absolute Gasteiger partial charge is 0.453 e. The SMILES string of the molecule is COCc1ccc(C(=O)N2CCCC2c2nc(-c3cnccn3)n[nH]2)o1. The highest BCUT2D eigenvalue weighted by atomic mass is 16.5. The molecule has 3 aromatic heterocycles. The van der Waals surface area contributed by atoms with Crippen LogP contribution in [0, 0.1) is 0 Å². The molecule has 1 amide bonds. The highest BCUT2D eigenvalue weighted by Crippen LogP contribution is 2.32. The summed E-state index contributed by atoms with van der Waals surface area (Å²) < 4.78 is 10.6. The number of hydrogen-bond donors (Lipinski definition) is 1. The van der Waals surface area contributed by atoms with Gasteiger partial charge in [-0.25, -0.2) is 9.97 Å². The lowest BCUT2D eigenvalue weighted by Gasteiger charge is -2.21. The van der Waals surface area contributed by atoms with Gasteiger partial charge in [0, 0.05) is 26.0 Å². The van der Waals surface area contributed by atoms with Gasteiger partial charge in [0.1, 0.15) is 23.9 Å². The number of nitrogens with one attached hydrogen (secondary N) is 1. The molecule has 0 aliphatic carbocycles. The molecular weight excluding hydrogens is 336 g/mol. The van der Waals surface area contributed by atoms with E-state index in [0.717, 1.165) is 12.8 Å². The van der Waals surface area contributed by atoms with Gasteiger partial charge in [-0.15, -0.1) is 0 Å². The molecule has 9 heteroatoms. The normalized spacial score (nSPS) is 17.0. The number of ether oxygens (including phenoxy) is 1. The number of furan rings is 1. The van der Waals surface area contributed by atoms with Gasteiger partial charge in [0.25, 0.3) is 5.91 Å². The maximum absolute atomic E-state index is 12.8. The Morgan fingerprint density at radius 2 is 2.35 bits per heavy atom. The second kappa shape index (κ2) is 7.04. The van der Waals surface area contributed by atoms with Crippen molar-refractivity contribution in [2.75, 3.05) is 13.7 Å². The van der Waals surface area contributed by atoms with Crippen molar-refractivity contribution in [3.63, 3.8) is 0 Å². The molecule has 1 saturated heterocycles. The van der Waals surface area contributed by atoms with Crippen molar-refractivity contribution in [3.05, 3.63) is 48.1 Å². The second-order valence-corrected chi connectivity index (χ2v) is 5.99. The summed E-state index contributed by atoms with van der Waals surface area (Å²) in [6.45, 7) is 0.977. The topological polar surface area (TPSA) is 110 Å². The average Bonchev–Trinajstić information content (AvgIpc) is 3.42. The van der Waals surface area contributed by atoms with E-state index in [2.05, 4.69) is 25.1 Å². The van der Waals surface area contributed by atoms with Gasteiger partial charge in [-0.05, 0) is 25.0 Å². The Balaban J connectivity index is 1.55. The number of rotatable bonds is 5. The summed E-state index contributed by atoms with van der Waals surface area (Å²) in [4.78, 5) is 27.3. The van der Waals surface area contributed by atoms with Gasteiger partial charge in [-0.3, -0.25) is 14.9 Å². The fourth-order valence-electron chi connectivity index (χ4n) is 3.10. The van der Waals surface area contributed by atoms with Gasteiger partial charge in [0.2, 0.25) is 5.82 Å². The van der Waals surface area contributed by atoms with Crippen molar-refractivity contribution >= 4 is 5.91 Å². The zero-order valence-electron chi connectivity index (χ0n) is 14.3. The van der Waals surface area contributed by atoms with Gasteiger partial charge in [0.15, 0.2) is 5.76 Å². The van der Waals surface area contributed by atoms with Crippen molar-refractivity contribution in [3.8, 4) is 11.5 Å². The summed E-state index contributed by atoms with van der Waals surface area (Å²) in [6, 6.07) is 3.26. The molecule has 1 aliphatic heterocycles. The van der Waals surface area contributed by atoms with E-state index in [1.807, 2.05) is 0 Å². The van der Waals surface area contributed by atoms with Crippen molar-refractivity contribution in [2.24, 2.45) is 0 Å². The van der Waals surface area contributed by atoms with Crippen molar-refractivity contribution in [1.82, 2.24) is 30.0 Å². The van der Waals surface area contributed by atoms with Crippen LogP contribution in [0.3, 0.4) is 0 Å². The van der Waals surface area contributed by atoms with Crippen LogP contribution in [0.4, 0.5) is 0 Å². The Kier molecular flexibility index (Phi) is 4.44. The second-order valence-electron chi connectivity index (χ2n) is 5.99. The minimum absolute atomic E-state index is 0.160. The van der Waals surface area contributed by atoms with E-state index in [1.165, 1.54) is 0 Å². The lowest BCUT2D eigenvalue weighted by molar-refractivity contribution is 0.0690. The predicted octanol–water partition coefficient (Wildman–Crippen LogP) is 1.98. The highest BCUT2D eigenvalue weighted by Gasteiger charge is 2.34. The molecule has 3 aromatic rings. The number of carbonyl (C=O) groups excluding carboxylic acids is 1. The molecule has 1 N–H and O–H groups in total. The molecule has 4 rings (SSSR count). The predicted molar refractivity (Wildman–Crippen MR) is 89.8 cm³/mol. The first-order chi connectivity index (χ1) is 12.8. The standard InChI is InChI=1S/C17H18N6O3/c1-25-10-11-4-5-14(26-11)17(24)23-8-2-3-13(23)16-20-15(21-22-16)12-9-18-6-7-19-12/h4-7,9,13H,2-3,8,10H2,1H3,(H,20,21,22). The molecule has 9 nitrogen and oxygen atoms in total. The Morgan fingerprint density at radius 1 is 1.42 bits per heavy atom. The van der Waals surface area contributed by atoms with Crippen molar-refractivity contribution < 1.29 is 13.9 Å². The number of aromatic amines is 1. The lowest BCUT2D eigenvalue weighted by Crippen LogP contribution is -2.30. The third-order valence-corrected chi connectivity index (χ3v) is 4.28. The van der Waals surface area contributed by atoms with Crippen LogP contribution in [0.25, 0.3) is 11.5 Å². The lowest BCUT2D eigenvalue weighted by atomic mass is 10.2. The molecule has 26 heavy (non-hydrogen) atoms. The summed E-state index contributed by atoms with van der Waals surface area (Å²) >= 11 is 0. The molecule has 134 valence electrons. The number of amides is 1. The van der Waals surface area contributed by atoms with Gasteiger partial charge < -0.3 is 14.1 Å². The van der Waals surface area contributed by atoms with Crippen LogP contribution in [0.2, 0.25) is 0 Å². The smallest absolute Gasteiger partial charge is 0.290 e. The molecule has 0 bridgehead atoms. The van der Waals surface area contributed by atoms with E-state index < -0.39 is 0 Å². The van der Waals surface area contributed by atoms with Crippen molar-refractivity contribution in [2.45, 2.75) is 25.5 Å². The first-order valence-corrected chi connectivity index (χ1v) is 8.33. The summed E-state index contributed by atoms with van der Waals surface area (Å²) in [5, 5.41) is 7.14. The average molecular weight is 354 g/mol. The molecule has 1 aliphatic rings. The van der Waals surface area contributed by atoms with Gasteiger partial charge >= 0.3 is 0 Å². The van der Waals surface area contributed by atoms with Crippen LogP contribution in [0.5, 0.6) is 0 Å². The molecule has 0 spiro atoms. The van der Waals surface area contributed by atoms with Crippen LogP contribution in [0.15, 0.2) is 35.1 Å². The summed E-state index contributed by atoms with van der Waals surface area (Å²) in [5.41, 5.74) is 0.584. The molecule has 1 atom stereocenters. The fraction of sp³-hybridized carbons (Fsp3) is 0.353. The number of nitrogens with zero attached hydrogens (tertiary/aromatic N) is 5. The minimum Gasteiger partial charge on any atom is -0.453 e. The fourth-order valence-corrected chi connectivity index (χ4v) is 3.10. The Bertz CT molecular complexity index is 891. The zero-order valence-corrected chi connectivity index (χ0v) is 14.3. The quantitative estimate of drug-likeness (QED) is 0.746. The molecule has 0 saturated carbocycles. The molecular formula is C17H18N6O3. The first-order valence-electron chi connectivity index (χ1n) is 8.33. The third-order valence-electron chi connectivity index (χ3n) is 4.28. The maximum atomic E-state index is 12.8. The van der Waals surface area contributed by atoms with E-state index in [-0.39, 0.29) is 11.9 Å². The first kappa shape index (κ1) is 16.4. The number of methoxy groups -OCH3 is 1. The van der Waals surface area contributed by atoms with E-state index in [1.54, 1.807) is 42.7 Å². The number of carbonyl (C=O) groups is 1. The highest BCUT2D eigenvalue weighted by molar-refractivity contribution is 5.92. The van der Waals surface area contributed by atoms with Crippen LogP contribution in [-0.4, -0.2) is 49.6 Å². The maximum Gasteiger partial charge on any atom is 0.290 e. The zero-order chi connectivity index (χ0) is 17.9. The molecule has 0 aromatic carbocycles. The number of aromatic nitrogens is 5. The van der Waals surface area contributed by atoms with E-state index >= 15 is 0 Å². The van der Waals surface area contributed by atoms with E-state index in [4.69, 9.17) is 9.15 Å². The number of likely N-dealkylation sites (tertiary alicyclic amines) is 1. The van der Waals surface area contributed by atoms with Crippen LogP contribution in [-0.2, 0) is 11.3 Å². The van der Waals surface area contributed by atoms with Crippen LogP contribution >= 0.6 is 0 Å². The Hall–Kier alpha value is -3.07.